The van der Waals surface area contributed by atoms with Crippen LogP contribution in [0.3, 0.4) is 0 Å². The molecule has 0 saturated carbocycles. The minimum Gasteiger partial charge on any atom is -0.356 e. The molecule has 0 saturated heterocycles. The number of hydrogen-bond acceptors (Lipinski definition) is 3. The Kier molecular flexibility index (Phi) is 7.68. The van der Waals surface area contributed by atoms with Crippen molar-refractivity contribution >= 4 is 41.3 Å². The summed E-state index contributed by atoms with van der Waals surface area (Å²) in [4.78, 5) is 12.9. The normalized spacial score (nSPS) is 14.0. The first-order valence-corrected chi connectivity index (χ1v) is 9.50. The van der Waals surface area contributed by atoms with Crippen LogP contribution in [0.15, 0.2) is 29.3 Å². The summed E-state index contributed by atoms with van der Waals surface area (Å²) in [5.41, 5.74) is 4.12. The fourth-order valence-electron chi connectivity index (χ4n) is 3.21. The fraction of sp³-hybridized carbons (Fsp3) is 0.474. The average Bonchev–Trinajstić information content (AvgIpc) is 2.98. The lowest BCUT2D eigenvalue weighted by molar-refractivity contribution is 0.379. The Morgan fingerprint density at radius 1 is 1.32 bits per heavy atom. The zero-order chi connectivity index (χ0) is 16.9. The van der Waals surface area contributed by atoms with Gasteiger partial charge in [-0.15, -0.1) is 35.3 Å². The Hall–Kier alpha value is -1.15. The summed E-state index contributed by atoms with van der Waals surface area (Å²) in [6.45, 7) is 7.16. The number of aliphatic imine (C=N–C) groups is 1. The maximum Gasteiger partial charge on any atom is 0.193 e. The van der Waals surface area contributed by atoms with E-state index in [1.807, 2.05) is 18.4 Å². The maximum absolute atomic E-state index is 4.72. The number of benzene rings is 1. The van der Waals surface area contributed by atoms with Crippen molar-refractivity contribution in [3.63, 3.8) is 0 Å². The van der Waals surface area contributed by atoms with E-state index in [0.717, 1.165) is 44.9 Å². The number of rotatable bonds is 4. The molecule has 0 aliphatic carbocycles. The van der Waals surface area contributed by atoms with Crippen LogP contribution in [0, 0.1) is 6.92 Å². The number of guanidine groups is 1. The van der Waals surface area contributed by atoms with Crippen LogP contribution in [0.2, 0.25) is 0 Å². The fourth-order valence-corrected chi connectivity index (χ4v) is 4.23. The van der Waals surface area contributed by atoms with Crippen molar-refractivity contribution in [2.45, 2.75) is 39.7 Å². The molecular weight excluding hydrogens is 443 g/mol. The summed E-state index contributed by atoms with van der Waals surface area (Å²) < 4.78 is 0. The van der Waals surface area contributed by atoms with Crippen molar-refractivity contribution in [3.8, 4) is 0 Å². The number of fused-ring (bicyclic) bond motifs is 1. The van der Waals surface area contributed by atoms with Crippen LogP contribution in [0.5, 0.6) is 0 Å². The summed E-state index contributed by atoms with van der Waals surface area (Å²) in [5, 5.41) is 4.73. The minimum atomic E-state index is 0. The molecule has 0 atom stereocenters. The molecule has 136 valence electrons. The molecule has 0 radical (unpaired) electrons. The van der Waals surface area contributed by atoms with E-state index in [-0.39, 0.29) is 24.0 Å². The summed E-state index contributed by atoms with van der Waals surface area (Å²) in [7, 11) is 1.87. The molecule has 1 aromatic carbocycles. The predicted molar refractivity (Wildman–Crippen MR) is 117 cm³/mol. The highest BCUT2D eigenvalue weighted by Gasteiger charge is 2.18. The molecule has 3 rings (SSSR count). The van der Waals surface area contributed by atoms with Crippen molar-refractivity contribution in [3.05, 3.63) is 51.0 Å². The maximum atomic E-state index is 4.72. The van der Waals surface area contributed by atoms with Crippen LogP contribution in [0.25, 0.3) is 0 Å². The molecule has 1 aliphatic rings. The second-order valence-corrected chi connectivity index (χ2v) is 7.42. The first kappa shape index (κ1) is 20.2. The summed E-state index contributed by atoms with van der Waals surface area (Å²) in [6.07, 6.45) is 3.06. The molecule has 1 N–H and O–H groups in total. The van der Waals surface area contributed by atoms with Crippen LogP contribution in [0.1, 0.15) is 33.6 Å². The van der Waals surface area contributed by atoms with Gasteiger partial charge in [-0.05, 0) is 30.9 Å². The standard InChI is InChI=1S/C19H26N4S.HI/c1-4-17-14(2)24-18(22-17)9-11-21-19(20-3)23-12-10-15-7-5-6-8-16(15)13-23;/h5-8H,4,9-13H2,1-3H3,(H,20,21);1H. The van der Waals surface area contributed by atoms with Crippen LogP contribution in [-0.2, 0) is 25.8 Å². The van der Waals surface area contributed by atoms with Gasteiger partial charge in [0.15, 0.2) is 5.96 Å². The second-order valence-electron chi connectivity index (χ2n) is 6.13. The zero-order valence-corrected chi connectivity index (χ0v) is 18.4. The summed E-state index contributed by atoms with van der Waals surface area (Å²) in [5.74, 6) is 0.994. The monoisotopic (exact) mass is 470 g/mol. The Balaban J connectivity index is 0.00000225. The van der Waals surface area contributed by atoms with Crippen LogP contribution in [-0.4, -0.2) is 36.0 Å². The molecule has 1 aromatic heterocycles. The Labute approximate surface area is 171 Å². The van der Waals surface area contributed by atoms with Crippen molar-refractivity contribution in [1.82, 2.24) is 15.2 Å². The predicted octanol–water partition coefficient (Wildman–Crippen LogP) is 3.81. The van der Waals surface area contributed by atoms with Crippen LogP contribution in [0.4, 0.5) is 0 Å². The SMILES string of the molecule is CCc1nc(CCNC(=NC)N2CCc3ccccc3C2)sc1C.I. The summed E-state index contributed by atoms with van der Waals surface area (Å²) in [6, 6.07) is 8.70. The van der Waals surface area contributed by atoms with Gasteiger partial charge in [0.1, 0.15) is 0 Å². The third-order valence-electron chi connectivity index (χ3n) is 4.54. The van der Waals surface area contributed by atoms with Gasteiger partial charge in [0.2, 0.25) is 0 Å². The minimum absolute atomic E-state index is 0. The van der Waals surface area contributed by atoms with Gasteiger partial charge >= 0.3 is 0 Å². The molecule has 0 bridgehead atoms. The molecule has 0 unspecified atom stereocenters. The van der Waals surface area contributed by atoms with Crippen LogP contribution >= 0.6 is 35.3 Å². The van der Waals surface area contributed by atoms with E-state index in [1.165, 1.54) is 26.7 Å². The smallest absolute Gasteiger partial charge is 0.193 e. The first-order valence-electron chi connectivity index (χ1n) is 8.68. The van der Waals surface area contributed by atoms with Gasteiger partial charge in [-0.25, -0.2) is 4.98 Å². The van der Waals surface area contributed by atoms with E-state index in [4.69, 9.17) is 4.98 Å². The van der Waals surface area contributed by atoms with Gasteiger partial charge in [-0.3, -0.25) is 4.99 Å². The van der Waals surface area contributed by atoms with Gasteiger partial charge < -0.3 is 10.2 Å². The van der Waals surface area contributed by atoms with E-state index in [2.05, 4.69) is 53.3 Å². The lowest BCUT2D eigenvalue weighted by atomic mass is 10.0. The van der Waals surface area contributed by atoms with Gasteiger partial charge in [-0.2, -0.15) is 0 Å². The highest BCUT2D eigenvalue weighted by atomic mass is 127. The van der Waals surface area contributed by atoms with E-state index in [9.17, 15) is 0 Å². The molecule has 25 heavy (non-hydrogen) atoms. The van der Waals surface area contributed by atoms with Gasteiger partial charge in [0.25, 0.3) is 0 Å². The Morgan fingerprint density at radius 2 is 2.08 bits per heavy atom. The van der Waals surface area contributed by atoms with Crippen molar-refractivity contribution in [2.24, 2.45) is 4.99 Å². The summed E-state index contributed by atoms with van der Waals surface area (Å²) >= 11 is 1.82. The Bertz CT molecular complexity index is 726. The number of nitrogens with one attached hydrogen (secondary N) is 1. The highest BCUT2D eigenvalue weighted by Crippen LogP contribution is 2.19. The zero-order valence-electron chi connectivity index (χ0n) is 15.2. The van der Waals surface area contributed by atoms with Crippen molar-refractivity contribution in [2.75, 3.05) is 20.1 Å². The quantitative estimate of drug-likeness (QED) is 0.420. The number of thiazole rings is 1. The number of halogens is 1. The molecular formula is C19H27IN4S. The lowest BCUT2D eigenvalue weighted by Gasteiger charge is -2.31. The van der Waals surface area contributed by atoms with Gasteiger partial charge in [-0.1, -0.05) is 31.2 Å². The second kappa shape index (κ2) is 9.52. The molecule has 1 aliphatic heterocycles. The van der Waals surface area contributed by atoms with Gasteiger partial charge in [0, 0.05) is 38.0 Å². The molecule has 2 aromatic rings. The Morgan fingerprint density at radius 3 is 2.76 bits per heavy atom. The van der Waals surface area contributed by atoms with Gasteiger partial charge in [0.05, 0.1) is 10.7 Å². The topological polar surface area (TPSA) is 40.5 Å². The number of hydrogen-bond donors (Lipinski definition) is 1. The first-order chi connectivity index (χ1) is 11.7. The number of aromatic nitrogens is 1. The molecule has 0 amide bonds. The molecule has 6 heteroatoms. The number of aryl methyl sites for hydroxylation is 2. The average molecular weight is 470 g/mol. The van der Waals surface area contributed by atoms with E-state index >= 15 is 0 Å². The highest BCUT2D eigenvalue weighted by molar-refractivity contribution is 14.0. The van der Waals surface area contributed by atoms with E-state index < -0.39 is 0 Å². The van der Waals surface area contributed by atoms with Crippen molar-refractivity contribution < 1.29 is 0 Å². The third-order valence-corrected chi connectivity index (χ3v) is 5.61. The lowest BCUT2D eigenvalue weighted by Crippen LogP contribution is -2.44. The third kappa shape index (κ3) is 4.94. The largest absolute Gasteiger partial charge is 0.356 e. The molecule has 0 spiro atoms. The van der Waals surface area contributed by atoms with E-state index in [1.54, 1.807) is 0 Å². The number of nitrogens with zero attached hydrogens (tertiary/aromatic N) is 3. The van der Waals surface area contributed by atoms with Crippen LogP contribution < -0.4 is 5.32 Å². The molecule has 2 heterocycles. The molecule has 4 nitrogen and oxygen atoms in total. The van der Waals surface area contributed by atoms with Crippen molar-refractivity contribution in [1.29, 1.82) is 0 Å². The molecule has 0 fully saturated rings. The van der Waals surface area contributed by atoms with E-state index in [0.29, 0.717) is 0 Å².